The highest BCUT2D eigenvalue weighted by Crippen LogP contribution is 2.05. The maximum absolute atomic E-state index is 4.35. The molecule has 0 bridgehead atoms. The molecule has 0 radical (unpaired) electrons. The fourth-order valence-corrected chi connectivity index (χ4v) is 1.17. The molecule has 0 aromatic carbocycles. The summed E-state index contributed by atoms with van der Waals surface area (Å²) in [6, 6.07) is 1.90. The lowest BCUT2D eigenvalue weighted by Crippen LogP contribution is -2.07. The van der Waals surface area contributed by atoms with E-state index in [0.717, 1.165) is 25.3 Å². The first-order valence-electron chi connectivity index (χ1n) is 5.67. The van der Waals surface area contributed by atoms with E-state index in [2.05, 4.69) is 34.4 Å². The molecular formula is C11H20N4. The van der Waals surface area contributed by atoms with E-state index in [9.17, 15) is 0 Å². The minimum Gasteiger partial charge on any atom is -0.370 e. The topological polar surface area (TPSA) is 49.8 Å². The van der Waals surface area contributed by atoms with Crippen LogP contribution < -0.4 is 10.6 Å². The molecule has 0 aliphatic heterocycles. The minimum atomic E-state index is 0.707. The van der Waals surface area contributed by atoms with Crippen molar-refractivity contribution in [2.75, 3.05) is 23.7 Å². The molecule has 0 spiro atoms. The quantitative estimate of drug-likeness (QED) is 0.676. The fourth-order valence-electron chi connectivity index (χ4n) is 1.17. The Morgan fingerprint density at radius 1 is 1.13 bits per heavy atom. The Morgan fingerprint density at radius 2 is 2.00 bits per heavy atom. The van der Waals surface area contributed by atoms with Crippen LogP contribution in [0.4, 0.5) is 11.8 Å². The fraction of sp³-hybridized carbons (Fsp3) is 0.636. The third-order valence-corrected chi connectivity index (χ3v) is 2.03. The minimum absolute atomic E-state index is 0.707. The molecule has 0 unspecified atom stereocenters. The number of rotatable bonds is 7. The van der Waals surface area contributed by atoms with Gasteiger partial charge in [0.1, 0.15) is 5.82 Å². The van der Waals surface area contributed by atoms with Crippen molar-refractivity contribution in [2.45, 2.75) is 33.1 Å². The number of hydrogen-bond acceptors (Lipinski definition) is 4. The first-order valence-corrected chi connectivity index (χ1v) is 5.67. The molecule has 0 saturated heterocycles. The summed E-state index contributed by atoms with van der Waals surface area (Å²) in [4.78, 5) is 8.49. The SMILES string of the molecule is CCCCNc1ccnc(NCCC)n1. The number of anilines is 2. The molecule has 0 saturated carbocycles. The number of nitrogens with zero attached hydrogens (tertiary/aromatic N) is 2. The van der Waals surface area contributed by atoms with Crippen molar-refractivity contribution in [3.8, 4) is 0 Å². The second-order valence-corrected chi connectivity index (χ2v) is 3.47. The average Bonchev–Trinajstić information content (AvgIpc) is 2.27. The highest BCUT2D eigenvalue weighted by atomic mass is 15.1. The summed E-state index contributed by atoms with van der Waals surface area (Å²) in [5, 5.41) is 6.43. The van der Waals surface area contributed by atoms with Crippen LogP contribution in [0.25, 0.3) is 0 Å². The van der Waals surface area contributed by atoms with Gasteiger partial charge in [-0.3, -0.25) is 0 Å². The van der Waals surface area contributed by atoms with E-state index < -0.39 is 0 Å². The van der Waals surface area contributed by atoms with Gasteiger partial charge >= 0.3 is 0 Å². The van der Waals surface area contributed by atoms with Gasteiger partial charge in [0.15, 0.2) is 0 Å². The summed E-state index contributed by atoms with van der Waals surface area (Å²) >= 11 is 0. The van der Waals surface area contributed by atoms with Crippen molar-refractivity contribution in [1.82, 2.24) is 9.97 Å². The van der Waals surface area contributed by atoms with E-state index in [4.69, 9.17) is 0 Å². The van der Waals surface area contributed by atoms with Crippen LogP contribution in [-0.2, 0) is 0 Å². The van der Waals surface area contributed by atoms with Crippen LogP contribution in [0.5, 0.6) is 0 Å². The predicted molar refractivity (Wildman–Crippen MR) is 64.2 cm³/mol. The highest BCUT2D eigenvalue weighted by Gasteiger charge is 1.96. The Hall–Kier alpha value is -1.32. The second-order valence-electron chi connectivity index (χ2n) is 3.47. The van der Waals surface area contributed by atoms with Crippen LogP contribution in [0.3, 0.4) is 0 Å². The van der Waals surface area contributed by atoms with Gasteiger partial charge < -0.3 is 10.6 Å². The lowest BCUT2D eigenvalue weighted by molar-refractivity contribution is 0.830. The monoisotopic (exact) mass is 208 g/mol. The molecule has 84 valence electrons. The summed E-state index contributed by atoms with van der Waals surface area (Å²) in [6.07, 6.45) is 5.22. The molecule has 0 aliphatic rings. The van der Waals surface area contributed by atoms with E-state index in [1.807, 2.05) is 6.07 Å². The lowest BCUT2D eigenvalue weighted by atomic mass is 10.3. The molecule has 15 heavy (non-hydrogen) atoms. The molecule has 4 nitrogen and oxygen atoms in total. The van der Waals surface area contributed by atoms with Crippen LogP contribution >= 0.6 is 0 Å². The molecule has 1 aromatic rings. The van der Waals surface area contributed by atoms with Crippen LogP contribution in [0.15, 0.2) is 12.3 Å². The lowest BCUT2D eigenvalue weighted by Gasteiger charge is -2.06. The van der Waals surface area contributed by atoms with E-state index in [-0.39, 0.29) is 0 Å². The Kier molecular flexibility index (Phi) is 5.51. The largest absolute Gasteiger partial charge is 0.370 e. The van der Waals surface area contributed by atoms with E-state index in [1.54, 1.807) is 6.20 Å². The van der Waals surface area contributed by atoms with Gasteiger partial charge in [0, 0.05) is 19.3 Å². The first kappa shape index (κ1) is 11.8. The first-order chi connectivity index (χ1) is 7.36. The number of unbranched alkanes of at least 4 members (excludes halogenated alkanes) is 1. The average molecular weight is 208 g/mol. The third kappa shape index (κ3) is 4.63. The second kappa shape index (κ2) is 7.04. The van der Waals surface area contributed by atoms with Crippen molar-refractivity contribution in [3.05, 3.63) is 12.3 Å². The van der Waals surface area contributed by atoms with E-state index in [1.165, 1.54) is 12.8 Å². The molecule has 1 aromatic heterocycles. The number of hydrogen-bond donors (Lipinski definition) is 2. The summed E-state index contributed by atoms with van der Waals surface area (Å²) in [7, 11) is 0. The third-order valence-electron chi connectivity index (χ3n) is 2.03. The van der Waals surface area contributed by atoms with Gasteiger partial charge in [0.25, 0.3) is 0 Å². The molecule has 0 amide bonds. The number of aromatic nitrogens is 2. The van der Waals surface area contributed by atoms with Crippen molar-refractivity contribution >= 4 is 11.8 Å². The van der Waals surface area contributed by atoms with Gasteiger partial charge in [-0.05, 0) is 18.9 Å². The van der Waals surface area contributed by atoms with Crippen molar-refractivity contribution in [3.63, 3.8) is 0 Å². The maximum atomic E-state index is 4.35. The van der Waals surface area contributed by atoms with Crippen LogP contribution in [0.1, 0.15) is 33.1 Å². The van der Waals surface area contributed by atoms with Gasteiger partial charge in [0.05, 0.1) is 0 Å². The van der Waals surface area contributed by atoms with Gasteiger partial charge in [-0.1, -0.05) is 20.3 Å². The van der Waals surface area contributed by atoms with Crippen molar-refractivity contribution < 1.29 is 0 Å². The smallest absolute Gasteiger partial charge is 0.224 e. The molecule has 0 atom stereocenters. The highest BCUT2D eigenvalue weighted by molar-refractivity contribution is 5.39. The van der Waals surface area contributed by atoms with Crippen molar-refractivity contribution in [1.29, 1.82) is 0 Å². The van der Waals surface area contributed by atoms with Crippen LogP contribution in [-0.4, -0.2) is 23.1 Å². The zero-order chi connectivity index (χ0) is 10.9. The van der Waals surface area contributed by atoms with Crippen LogP contribution in [0.2, 0.25) is 0 Å². The summed E-state index contributed by atoms with van der Waals surface area (Å²) in [5.74, 6) is 1.61. The van der Waals surface area contributed by atoms with Gasteiger partial charge in [-0.2, -0.15) is 4.98 Å². The normalized spacial score (nSPS) is 10.0. The molecule has 2 N–H and O–H groups in total. The molecule has 4 heteroatoms. The summed E-state index contributed by atoms with van der Waals surface area (Å²) in [5.41, 5.74) is 0. The Morgan fingerprint density at radius 3 is 2.73 bits per heavy atom. The Labute approximate surface area is 91.5 Å². The maximum Gasteiger partial charge on any atom is 0.224 e. The molecule has 1 rings (SSSR count). The van der Waals surface area contributed by atoms with E-state index in [0.29, 0.717) is 5.95 Å². The zero-order valence-electron chi connectivity index (χ0n) is 9.58. The van der Waals surface area contributed by atoms with Gasteiger partial charge in [-0.25, -0.2) is 4.98 Å². The number of nitrogens with one attached hydrogen (secondary N) is 2. The zero-order valence-corrected chi connectivity index (χ0v) is 9.58. The van der Waals surface area contributed by atoms with Gasteiger partial charge in [-0.15, -0.1) is 0 Å². The Bertz CT molecular complexity index is 275. The Balaban J connectivity index is 2.42. The molecule has 1 heterocycles. The van der Waals surface area contributed by atoms with Crippen molar-refractivity contribution in [2.24, 2.45) is 0 Å². The molecule has 0 aliphatic carbocycles. The van der Waals surface area contributed by atoms with Crippen LogP contribution in [0, 0.1) is 0 Å². The standard InChI is InChI=1S/C11H20N4/c1-3-5-8-12-10-6-9-14-11(15-10)13-7-4-2/h6,9H,3-5,7-8H2,1-2H3,(H2,12,13,14,15). The van der Waals surface area contributed by atoms with E-state index >= 15 is 0 Å². The molecular weight excluding hydrogens is 188 g/mol. The summed E-state index contributed by atoms with van der Waals surface area (Å²) in [6.45, 7) is 6.19. The summed E-state index contributed by atoms with van der Waals surface area (Å²) < 4.78 is 0. The van der Waals surface area contributed by atoms with Gasteiger partial charge in [0.2, 0.25) is 5.95 Å². The predicted octanol–water partition coefficient (Wildman–Crippen LogP) is 2.51. The molecule has 0 fully saturated rings.